The number of carbonyl (C=O) groups excluding carboxylic acids is 1. The molecule has 0 saturated carbocycles. The molecule has 1 atom stereocenters. The van der Waals surface area contributed by atoms with Gasteiger partial charge in [0.2, 0.25) is 0 Å². The van der Waals surface area contributed by atoms with Gasteiger partial charge in [0.25, 0.3) is 15.9 Å². The number of nitrogens with one attached hydrogen (secondary N) is 2. The van der Waals surface area contributed by atoms with Crippen LogP contribution in [0.5, 0.6) is 5.75 Å². The molecule has 0 radical (unpaired) electrons. The van der Waals surface area contributed by atoms with Gasteiger partial charge in [-0.1, -0.05) is 11.6 Å². The first kappa shape index (κ1) is 22.1. The third kappa shape index (κ3) is 5.29. The van der Waals surface area contributed by atoms with Gasteiger partial charge < -0.3 is 10.1 Å². The Kier molecular flexibility index (Phi) is 6.64. The lowest BCUT2D eigenvalue weighted by Gasteiger charge is -2.16. The number of hydrogen-bond donors (Lipinski definition) is 2. The van der Waals surface area contributed by atoms with E-state index in [0.717, 1.165) is 11.1 Å². The summed E-state index contributed by atoms with van der Waals surface area (Å²) < 4.78 is 32.8. The normalized spacial score (nSPS) is 12.3. The van der Waals surface area contributed by atoms with Crippen molar-refractivity contribution < 1.29 is 17.9 Å². The van der Waals surface area contributed by atoms with Crippen LogP contribution in [0.4, 0.5) is 10.8 Å². The molecule has 158 valence electrons. The van der Waals surface area contributed by atoms with Crippen LogP contribution in [0.2, 0.25) is 5.02 Å². The maximum atomic E-state index is 12.4. The van der Waals surface area contributed by atoms with E-state index >= 15 is 0 Å². The minimum Gasteiger partial charge on any atom is -0.481 e. The molecule has 1 amide bonds. The first-order valence-electron chi connectivity index (χ1n) is 8.92. The molecule has 0 saturated heterocycles. The van der Waals surface area contributed by atoms with Gasteiger partial charge in [0.05, 0.1) is 4.90 Å². The largest absolute Gasteiger partial charge is 0.481 e. The van der Waals surface area contributed by atoms with Gasteiger partial charge >= 0.3 is 0 Å². The minimum atomic E-state index is -3.75. The molecule has 0 aliphatic heterocycles. The zero-order valence-electron chi connectivity index (χ0n) is 16.5. The number of thiazole rings is 1. The summed E-state index contributed by atoms with van der Waals surface area (Å²) in [5.74, 6) is 0.184. The number of benzene rings is 2. The summed E-state index contributed by atoms with van der Waals surface area (Å²) in [5.41, 5.74) is 2.18. The van der Waals surface area contributed by atoms with Crippen LogP contribution in [-0.4, -0.2) is 25.4 Å². The lowest BCUT2D eigenvalue weighted by molar-refractivity contribution is -0.122. The second kappa shape index (κ2) is 9.03. The van der Waals surface area contributed by atoms with Crippen LogP contribution in [0.15, 0.2) is 52.9 Å². The topological polar surface area (TPSA) is 97.4 Å². The van der Waals surface area contributed by atoms with Crippen LogP contribution in [0.1, 0.15) is 18.1 Å². The summed E-state index contributed by atoms with van der Waals surface area (Å²) in [7, 11) is -3.75. The molecular weight excluding hydrogens is 446 g/mol. The van der Waals surface area contributed by atoms with Crippen molar-refractivity contribution >= 4 is 49.7 Å². The van der Waals surface area contributed by atoms with Crippen molar-refractivity contribution in [3.8, 4) is 5.75 Å². The number of rotatable bonds is 7. The molecule has 0 aliphatic rings. The number of hydrogen-bond acceptors (Lipinski definition) is 6. The standard InChI is InChI=1S/C20H20ClN3O4S2/c1-12-10-16(11-13(2)18(12)21)28-14(3)19(25)23-15-4-6-17(7-5-15)30(26,27)24-20-22-8-9-29-20/h4-11,14H,1-3H3,(H,22,24)(H,23,25)/t14-/m1/s1. The molecule has 0 aliphatic carbocycles. The van der Waals surface area contributed by atoms with Gasteiger partial charge in [-0.05, 0) is 68.3 Å². The molecule has 0 unspecified atom stereocenters. The van der Waals surface area contributed by atoms with Crippen LogP contribution in [0, 0.1) is 13.8 Å². The first-order chi connectivity index (χ1) is 14.2. The molecule has 2 aromatic carbocycles. The predicted molar refractivity (Wildman–Crippen MR) is 119 cm³/mol. The highest BCUT2D eigenvalue weighted by Gasteiger charge is 2.18. The zero-order valence-corrected chi connectivity index (χ0v) is 18.9. The molecule has 0 spiro atoms. The van der Waals surface area contributed by atoms with Gasteiger partial charge in [0.1, 0.15) is 5.75 Å². The third-order valence-electron chi connectivity index (χ3n) is 4.18. The highest BCUT2D eigenvalue weighted by molar-refractivity contribution is 7.93. The number of anilines is 2. The van der Waals surface area contributed by atoms with Crippen molar-refractivity contribution in [1.82, 2.24) is 4.98 Å². The van der Waals surface area contributed by atoms with E-state index < -0.39 is 16.1 Å². The molecule has 7 nitrogen and oxygen atoms in total. The maximum Gasteiger partial charge on any atom is 0.265 e. The van der Waals surface area contributed by atoms with E-state index in [0.29, 0.717) is 16.5 Å². The summed E-state index contributed by atoms with van der Waals surface area (Å²) in [6.45, 7) is 5.36. The summed E-state index contributed by atoms with van der Waals surface area (Å²) >= 11 is 7.34. The predicted octanol–water partition coefficient (Wildman–Crippen LogP) is 4.62. The van der Waals surface area contributed by atoms with E-state index in [4.69, 9.17) is 16.3 Å². The molecule has 1 aromatic heterocycles. The molecule has 3 rings (SSSR count). The summed E-state index contributed by atoms with van der Waals surface area (Å²) in [4.78, 5) is 16.4. The maximum absolute atomic E-state index is 12.4. The molecule has 3 aromatic rings. The van der Waals surface area contributed by atoms with Crippen LogP contribution >= 0.6 is 22.9 Å². The monoisotopic (exact) mass is 465 g/mol. The van der Waals surface area contributed by atoms with E-state index in [2.05, 4.69) is 15.0 Å². The van der Waals surface area contributed by atoms with Gasteiger partial charge in [-0.2, -0.15) is 0 Å². The number of halogens is 1. The van der Waals surface area contributed by atoms with Gasteiger partial charge in [-0.3, -0.25) is 9.52 Å². The van der Waals surface area contributed by atoms with Crippen LogP contribution in [0.25, 0.3) is 0 Å². The average Bonchev–Trinajstić information content (AvgIpc) is 3.18. The summed E-state index contributed by atoms with van der Waals surface area (Å²) in [5, 5.41) is 5.33. The quantitative estimate of drug-likeness (QED) is 0.530. The highest BCUT2D eigenvalue weighted by atomic mass is 35.5. The lowest BCUT2D eigenvalue weighted by atomic mass is 10.1. The molecule has 2 N–H and O–H groups in total. The fourth-order valence-electron chi connectivity index (χ4n) is 2.64. The molecule has 0 bridgehead atoms. The second-order valence-electron chi connectivity index (χ2n) is 6.59. The lowest BCUT2D eigenvalue weighted by Crippen LogP contribution is -2.30. The number of aryl methyl sites for hydroxylation is 2. The third-order valence-corrected chi connectivity index (χ3v) is 6.95. The van der Waals surface area contributed by atoms with Crippen LogP contribution in [-0.2, 0) is 14.8 Å². The van der Waals surface area contributed by atoms with Gasteiger partial charge in [-0.25, -0.2) is 13.4 Å². The van der Waals surface area contributed by atoms with Crippen molar-refractivity contribution in [2.45, 2.75) is 31.8 Å². The Hall–Kier alpha value is -2.62. The van der Waals surface area contributed by atoms with E-state index in [-0.39, 0.29) is 15.9 Å². The van der Waals surface area contributed by atoms with Crippen molar-refractivity contribution in [3.05, 3.63) is 64.1 Å². The van der Waals surface area contributed by atoms with E-state index in [1.807, 2.05) is 13.8 Å². The molecular formula is C20H20ClN3O4S2. The van der Waals surface area contributed by atoms with Crippen LogP contribution < -0.4 is 14.8 Å². The Labute approximate surface area is 184 Å². The number of ether oxygens (including phenoxy) is 1. The zero-order chi connectivity index (χ0) is 21.9. The van der Waals surface area contributed by atoms with E-state index in [1.54, 1.807) is 24.4 Å². The number of carbonyl (C=O) groups is 1. The minimum absolute atomic E-state index is 0.0621. The average molecular weight is 466 g/mol. The Morgan fingerprint density at radius 3 is 2.37 bits per heavy atom. The van der Waals surface area contributed by atoms with Gasteiger partial charge in [-0.15, -0.1) is 11.3 Å². The number of nitrogens with zero attached hydrogens (tertiary/aromatic N) is 1. The van der Waals surface area contributed by atoms with Crippen LogP contribution in [0.3, 0.4) is 0 Å². The number of sulfonamides is 1. The number of amides is 1. The van der Waals surface area contributed by atoms with Crippen molar-refractivity contribution in [2.24, 2.45) is 0 Å². The Morgan fingerprint density at radius 1 is 1.17 bits per heavy atom. The molecule has 30 heavy (non-hydrogen) atoms. The number of aromatic nitrogens is 1. The van der Waals surface area contributed by atoms with Crippen molar-refractivity contribution in [3.63, 3.8) is 0 Å². The Balaban J connectivity index is 1.64. The molecule has 1 heterocycles. The van der Waals surface area contributed by atoms with Crippen molar-refractivity contribution in [2.75, 3.05) is 10.0 Å². The molecule has 10 heteroatoms. The van der Waals surface area contributed by atoms with E-state index in [1.165, 1.54) is 41.8 Å². The first-order valence-corrected chi connectivity index (χ1v) is 11.7. The fraction of sp³-hybridized carbons (Fsp3) is 0.200. The second-order valence-corrected chi connectivity index (χ2v) is 9.54. The van der Waals surface area contributed by atoms with Gasteiger partial charge in [0.15, 0.2) is 11.2 Å². The fourth-order valence-corrected chi connectivity index (χ4v) is 4.54. The smallest absolute Gasteiger partial charge is 0.265 e. The van der Waals surface area contributed by atoms with E-state index in [9.17, 15) is 13.2 Å². The van der Waals surface area contributed by atoms with Gasteiger partial charge in [0, 0.05) is 22.3 Å². The Bertz CT molecular complexity index is 1120. The SMILES string of the molecule is Cc1cc(O[C@H](C)C(=O)Nc2ccc(S(=O)(=O)Nc3nccs3)cc2)cc(C)c1Cl. The van der Waals surface area contributed by atoms with Crippen molar-refractivity contribution in [1.29, 1.82) is 0 Å². The summed E-state index contributed by atoms with van der Waals surface area (Å²) in [6, 6.07) is 9.38. The Morgan fingerprint density at radius 2 is 1.80 bits per heavy atom. The highest BCUT2D eigenvalue weighted by Crippen LogP contribution is 2.26. The molecule has 0 fully saturated rings. The summed E-state index contributed by atoms with van der Waals surface area (Å²) in [6.07, 6.45) is 0.747.